The van der Waals surface area contributed by atoms with E-state index >= 15 is 0 Å². The van der Waals surface area contributed by atoms with Crippen molar-refractivity contribution in [3.8, 4) is 0 Å². The number of hydrogen-bond donors (Lipinski definition) is 1. The van der Waals surface area contributed by atoms with E-state index in [-0.39, 0.29) is 11.7 Å². The summed E-state index contributed by atoms with van der Waals surface area (Å²) < 4.78 is 11.5. The predicted octanol–water partition coefficient (Wildman–Crippen LogP) is 0.0357. The summed E-state index contributed by atoms with van der Waals surface area (Å²) in [5, 5.41) is 3.29. The van der Waals surface area contributed by atoms with Crippen molar-refractivity contribution < 1.29 is 14.3 Å². The minimum atomic E-state index is -0.447. The molecule has 21 heavy (non-hydrogen) atoms. The highest BCUT2D eigenvalue weighted by Gasteiger charge is 2.45. The Morgan fingerprint density at radius 2 is 1.62 bits per heavy atom. The van der Waals surface area contributed by atoms with Gasteiger partial charge in [0.1, 0.15) is 0 Å². The SMILES string of the molecule is CC(C)(C(=O)N1CCNCC1)N1CCC2(CC1)OCCO2. The molecule has 3 rings (SSSR count). The van der Waals surface area contributed by atoms with E-state index in [2.05, 4.69) is 10.2 Å². The van der Waals surface area contributed by atoms with Crippen LogP contribution in [-0.4, -0.2) is 79.5 Å². The van der Waals surface area contributed by atoms with E-state index in [0.717, 1.165) is 52.1 Å². The zero-order valence-corrected chi connectivity index (χ0v) is 13.2. The first kappa shape index (κ1) is 15.2. The van der Waals surface area contributed by atoms with Gasteiger partial charge in [0.05, 0.1) is 18.8 Å². The van der Waals surface area contributed by atoms with Crippen LogP contribution in [0.4, 0.5) is 0 Å². The van der Waals surface area contributed by atoms with E-state index in [0.29, 0.717) is 13.2 Å². The predicted molar refractivity (Wildman–Crippen MR) is 79.0 cm³/mol. The molecule has 3 saturated heterocycles. The lowest BCUT2D eigenvalue weighted by molar-refractivity contribution is -0.193. The standard InChI is InChI=1S/C15H27N3O3/c1-14(2,13(19)17-9-5-16-6-10-17)18-7-3-15(4-8-18)20-11-12-21-15/h16H,3-12H2,1-2H3. The minimum absolute atomic E-state index is 0.244. The highest BCUT2D eigenvalue weighted by molar-refractivity contribution is 5.85. The molecule has 3 aliphatic rings. The Bertz CT molecular complexity index is 378. The lowest BCUT2D eigenvalue weighted by Crippen LogP contribution is -2.62. The summed E-state index contributed by atoms with van der Waals surface area (Å²) in [7, 11) is 0. The second-order valence-electron chi connectivity index (χ2n) is 6.70. The van der Waals surface area contributed by atoms with Crippen LogP contribution in [0, 0.1) is 0 Å². The molecule has 3 heterocycles. The molecule has 6 heteroatoms. The summed E-state index contributed by atoms with van der Waals surface area (Å²) in [4.78, 5) is 17.1. The lowest BCUT2D eigenvalue weighted by Gasteiger charge is -2.46. The molecule has 0 saturated carbocycles. The number of carbonyl (C=O) groups excluding carboxylic acids is 1. The van der Waals surface area contributed by atoms with Crippen molar-refractivity contribution in [1.82, 2.24) is 15.1 Å². The Kier molecular flexibility index (Phi) is 4.23. The van der Waals surface area contributed by atoms with Crippen molar-refractivity contribution >= 4 is 5.91 Å². The second-order valence-corrected chi connectivity index (χ2v) is 6.70. The maximum absolute atomic E-state index is 12.8. The summed E-state index contributed by atoms with van der Waals surface area (Å²) in [6.45, 7) is 10.6. The fraction of sp³-hybridized carbons (Fsp3) is 0.933. The molecule has 0 bridgehead atoms. The molecular weight excluding hydrogens is 270 g/mol. The van der Waals surface area contributed by atoms with Crippen molar-refractivity contribution in [3.05, 3.63) is 0 Å². The molecule has 120 valence electrons. The molecule has 0 atom stereocenters. The summed E-state index contributed by atoms with van der Waals surface area (Å²) >= 11 is 0. The maximum atomic E-state index is 12.8. The largest absolute Gasteiger partial charge is 0.347 e. The molecule has 0 aromatic heterocycles. The zero-order chi connectivity index (χ0) is 14.9. The molecule has 3 fully saturated rings. The number of piperidine rings is 1. The first-order valence-electron chi connectivity index (χ1n) is 8.07. The fourth-order valence-electron chi connectivity index (χ4n) is 3.58. The van der Waals surface area contributed by atoms with Gasteiger partial charge in [-0.15, -0.1) is 0 Å². The van der Waals surface area contributed by atoms with Crippen LogP contribution < -0.4 is 5.32 Å². The first-order chi connectivity index (χ1) is 10.0. The van der Waals surface area contributed by atoms with E-state index in [1.54, 1.807) is 0 Å². The molecule has 0 aromatic rings. The monoisotopic (exact) mass is 297 g/mol. The molecule has 1 amide bonds. The molecule has 3 aliphatic heterocycles. The van der Waals surface area contributed by atoms with Gasteiger partial charge < -0.3 is 19.7 Å². The molecule has 0 unspecified atom stereocenters. The molecule has 0 radical (unpaired) electrons. The van der Waals surface area contributed by atoms with Crippen molar-refractivity contribution in [2.75, 3.05) is 52.5 Å². The van der Waals surface area contributed by atoms with E-state index in [1.165, 1.54) is 0 Å². The first-order valence-corrected chi connectivity index (χ1v) is 8.07. The maximum Gasteiger partial charge on any atom is 0.242 e. The van der Waals surface area contributed by atoms with Crippen LogP contribution in [-0.2, 0) is 14.3 Å². The van der Waals surface area contributed by atoms with Gasteiger partial charge in [0.2, 0.25) is 5.91 Å². The molecule has 0 aliphatic carbocycles. The van der Waals surface area contributed by atoms with Gasteiger partial charge in [-0.2, -0.15) is 0 Å². The van der Waals surface area contributed by atoms with Crippen LogP contribution in [0.5, 0.6) is 0 Å². The number of hydrogen-bond acceptors (Lipinski definition) is 5. The van der Waals surface area contributed by atoms with Gasteiger partial charge >= 0.3 is 0 Å². The summed E-state index contributed by atoms with van der Waals surface area (Å²) in [5.74, 6) is -0.127. The highest BCUT2D eigenvalue weighted by atomic mass is 16.7. The third-order valence-corrected chi connectivity index (χ3v) is 5.06. The highest BCUT2D eigenvalue weighted by Crippen LogP contribution is 2.34. The molecule has 1 N–H and O–H groups in total. The van der Waals surface area contributed by atoms with Crippen LogP contribution in [0.15, 0.2) is 0 Å². The number of likely N-dealkylation sites (tertiary alicyclic amines) is 1. The zero-order valence-electron chi connectivity index (χ0n) is 13.2. The van der Waals surface area contributed by atoms with Crippen molar-refractivity contribution in [2.24, 2.45) is 0 Å². The molecular formula is C15H27N3O3. The van der Waals surface area contributed by atoms with Crippen LogP contribution in [0.25, 0.3) is 0 Å². The van der Waals surface area contributed by atoms with E-state index < -0.39 is 5.54 Å². The van der Waals surface area contributed by atoms with Gasteiger partial charge in [-0.1, -0.05) is 0 Å². The number of nitrogens with zero attached hydrogens (tertiary/aromatic N) is 2. The smallest absolute Gasteiger partial charge is 0.242 e. The lowest BCUT2D eigenvalue weighted by atomic mass is 9.94. The van der Waals surface area contributed by atoms with Gasteiger partial charge in [-0.05, 0) is 13.8 Å². The molecule has 0 aromatic carbocycles. The van der Waals surface area contributed by atoms with Crippen molar-refractivity contribution in [2.45, 2.75) is 38.0 Å². The average molecular weight is 297 g/mol. The van der Waals surface area contributed by atoms with Crippen LogP contribution in [0.1, 0.15) is 26.7 Å². The third-order valence-electron chi connectivity index (χ3n) is 5.06. The summed E-state index contributed by atoms with van der Waals surface area (Å²) in [6.07, 6.45) is 1.70. The third kappa shape index (κ3) is 2.95. The van der Waals surface area contributed by atoms with Gasteiger partial charge in [-0.25, -0.2) is 0 Å². The average Bonchev–Trinajstić information content (AvgIpc) is 2.96. The van der Waals surface area contributed by atoms with Gasteiger partial charge in [0, 0.05) is 52.1 Å². The minimum Gasteiger partial charge on any atom is -0.347 e. The Labute approximate surface area is 126 Å². The fourth-order valence-corrected chi connectivity index (χ4v) is 3.58. The number of carbonyl (C=O) groups is 1. The number of piperazine rings is 1. The van der Waals surface area contributed by atoms with Gasteiger partial charge in [0.15, 0.2) is 5.79 Å². The van der Waals surface area contributed by atoms with Crippen LogP contribution in [0.2, 0.25) is 0 Å². The number of ether oxygens (including phenoxy) is 2. The number of nitrogens with one attached hydrogen (secondary N) is 1. The van der Waals surface area contributed by atoms with E-state index in [1.807, 2.05) is 18.7 Å². The quantitative estimate of drug-likeness (QED) is 0.780. The second kappa shape index (κ2) is 5.83. The number of amides is 1. The molecule has 1 spiro atoms. The Morgan fingerprint density at radius 3 is 2.19 bits per heavy atom. The van der Waals surface area contributed by atoms with E-state index in [4.69, 9.17) is 9.47 Å². The van der Waals surface area contributed by atoms with Gasteiger partial charge in [-0.3, -0.25) is 9.69 Å². The normalized spacial score (nSPS) is 27.2. The Balaban J connectivity index is 1.61. The topological polar surface area (TPSA) is 54.0 Å². The van der Waals surface area contributed by atoms with E-state index in [9.17, 15) is 4.79 Å². The van der Waals surface area contributed by atoms with Crippen LogP contribution in [0.3, 0.4) is 0 Å². The Morgan fingerprint density at radius 1 is 1.05 bits per heavy atom. The molecule has 6 nitrogen and oxygen atoms in total. The summed E-state index contributed by atoms with van der Waals surface area (Å²) in [5.41, 5.74) is -0.447. The summed E-state index contributed by atoms with van der Waals surface area (Å²) in [6, 6.07) is 0. The van der Waals surface area contributed by atoms with Crippen molar-refractivity contribution in [3.63, 3.8) is 0 Å². The van der Waals surface area contributed by atoms with Crippen molar-refractivity contribution in [1.29, 1.82) is 0 Å². The Hall–Kier alpha value is -0.690. The van der Waals surface area contributed by atoms with Gasteiger partial charge in [0.25, 0.3) is 0 Å². The number of rotatable bonds is 2. The van der Waals surface area contributed by atoms with Crippen LogP contribution >= 0.6 is 0 Å².